The molecule has 12 nitrogen and oxygen atoms in total. The maximum Gasteiger partial charge on any atom is 0.412 e. The van der Waals surface area contributed by atoms with E-state index in [1.165, 1.54) is 12.1 Å². The minimum absolute atomic E-state index is 0. The molecule has 1 amide bonds. The van der Waals surface area contributed by atoms with Gasteiger partial charge in [-0.1, -0.05) is 54.6 Å². The summed E-state index contributed by atoms with van der Waals surface area (Å²) >= 11 is 0. The molecule has 2 aromatic heterocycles. The number of benzene rings is 4. The number of aliphatic hydroxyl groups excluding tert-OH is 1. The van der Waals surface area contributed by atoms with Gasteiger partial charge in [0, 0.05) is 43.2 Å². The van der Waals surface area contributed by atoms with Crippen LogP contribution in [0.4, 0.5) is 19.9 Å². The largest absolute Gasteiger partial charge is 0.506 e. The summed E-state index contributed by atoms with van der Waals surface area (Å²) < 4.78 is 1.74. The Kier molecular flexibility index (Phi) is 12.0. The smallest absolute Gasteiger partial charge is 0.412 e. The van der Waals surface area contributed by atoms with Gasteiger partial charge in [-0.3, -0.25) is 23.7 Å². The number of aliphatic hydroxyl groups is 1. The van der Waals surface area contributed by atoms with Crippen LogP contribution in [-0.4, -0.2) is 73.1 Å². The van der Waals surface area contributed by atoms with E-state index in [-0.39, 0.29) is 44.5 Å². The van der Waals surface area contributed by atoms with E-state index in [9.17, 15) is 29.7 Å². The number of fused-ring (bicyclic) bond motifs is 5. The zero-order chi connectivity index (χ0) is 37.3. The Morgan fingerprint density at radius 2 is 1.68 bits per heavy atom. The number of aromatic amines is 2. The first-order valence-electron chi connectivity index (χ1n) is 18.6. The second kappa shape index (κ2) is 16.9. The second-order valence-corrected chi connectivity index (χ2v) is 14.5. The van der Waals surface area contributed by atoms with Crippen molar-refractivity contribution in [3.63, 3.8) is 0 Å². The van der Waals surface area contributed by atoms with Gasteiger partial charge in [0.1, 0.15) is 5.75 Å². The fourth-order valence-electron chi connectivity index (χ4n) is 8.44. The van der Waals surface area contributed by atoms with Gasteiger partial charge in [-0.15, -0.1) is 0 Å². The Morgan fingerprint density at radius 1 is 0.911 bits per heavy atom. The van der Waals surface area contributed by atoms with E-state index in [0.29, 0.717) is 42.8 Å². The number of anilines is 1. The highest BCUT2D eigenvalue weighted by Crippen LogP contribution is 2.39. The maximum absolute atomic E-state index is 13.1. The SMILES string of the molecule is F.F.O=C(O)N(c1cc(CCCn2c(=O)[nH]c3cc(CNC[C@@H](O)c4ccc(O)c5[nH]c(=O)ccc45)ccc32)ccc1-c1ccccc1)[C@H]1CN2CCC1CC2. The number of piperidine rings is 3. The lowest BCUT2D eigenvalue weighted by Crippen LogP contribution is -2.59. The van der Waals surface area contributed by atoms with Crippen molar-refractivity contribution >= 4 is 33.7 Å². The highest BCUT2D eigenvalue weighted by molar-refractivity contribution is 5.94. The molecule has 56 heavy (non-hydrogen) atoms. The van der Waals surface area contributed by atoms with Crippen LogP contribution in [0.1, 0.15) is 42.1 Å². The molecular weight excluding hydrogens is 722 g/mol. The fourth-order valence-corrected chi connectivity index (χ4v) is 8.44. The molecule has 6 N–H and O–H groups in total. The molecule has 0 aliphatic carbocycles. The Hall–Kier alpha value is -5.83. The molecule has 4 aromatic carbocycles. The molecule has 0 spiro atoms. The zero-order valence-electron chi connectivity index (χ0n) is 30.7. The number of nitrogens with zero attached hydrogens (tertiary/aromatic N) is 3. The number of hydrogen-bond donors (Lipinski definition) is 6. The van der Waals surface area contributed by atoms with Crippen molar-refractivity contribution in [3.8, 4) is 16.9 Å². The van der Waals surface area contributed by atoms with Gasteiger partial charge in [0.15, 0.2) is 0 Å². The van der Waals surface area contributed by atoms with Crippen molar-refractivity contribution in [1.29, 1.82) is 0 Å². The lowest BCUT2D eigenvalue weighted by molar-refractivity contribution is 0.0837. The summed E-state index contributed by atoms with van der Waals surface area (Å²) in [5, 5.41) is 35.6. The molecule has 0 saturated carbocycles. The third-order valence-corrected chi connectivity index (χ3v) is 11.2. The number of aromatic nitrogens is 3. The number of rotatable bonds is 12. The van der Waals surface area contributed by atoms with Crippen LogP contribution in [0.25, 0.3) is 33.1 Å². The van der Waals surface area contributed by atoms with Gasteiger partial charge in [-0.05, 0) is 97.3 Å². The van der Waals surface area contributed by atoms with Crippen LogP contribution in [-0.2, 0) is 19.5 Å². The molecular formula is C42H46F2N6O6. The number of carboxylic acid groups (broad SMARTS) is 1. The molecule has 2 bridgehead atoms. The molecule has 3 saturated heterocycles. The zero-order valence-corrected chi connectivity index (χ0v) is 30.7. The summed E-state index contributed by atoms with van der Waals surface area (Å²) in [5.41, 5.74) is 6.41. The van der Waals surface area contributed by atoms with Crippen molar-refractivity contribution in [3.05, 3.63) is 129 Å². The summed E-state index contributed by atoms with van der Waals surface area (Å²) in [4.78, 5) is 47.4. The van der Waals surface area contributed by atoms with E-state index in [1.807, 2.05) is 60.7 Å². The molecule has 294 valence electrons. The van der Waals surface area contributed by atoms with Gasteiger partial charge >= 0.3 is 11.8 Å². The Morgan fingerprint density at radius 3 is 2.41 bits per heavy atom. The highest BCUT2D eigenvalue weighted by atomic mass is 19.0. The first-order chi connectivity index (χ1) is 26.2. The number of aryl methyl sites for hydroxylation is 2. The molecule has 3 fully saturated rings. The van der Waals surface area contributed by atoms with Gasteiger partial charge in [-0.25, -0.2) is 9.59 Å². The van der Waals surface area contributed by atoms with Crippen molar-refractivity contribution in [1.82, 2.24) is 24.8 Å². The summed E-state index contributed by atoms with van der Waals surface area (Å²) in [5.74, 6) is 0.282. The number of amides is 1. The summed E-state index contributed by atoms with van der Waals surface area (Å²) in [6, 6.07) is 27.9. The van der Waals surface area contributed by atoms with E-state index in [2.05, 4.69) is 26.3 Å². The number of phenols is 1. The maximum atomic E-state index is 13.1. The molecule has 3 aliphatic heterocycles. The quantitative estimate of drug-likeness (QED) is 0.0898. The monoisotopic (exact) mass is 768 g/mol. The van der Waals surface area contributed by atoms with E-state index in [1.54, 1.807) is 21.6 Å². The number of pyridine rings is 1. The van der Waals surface area contributed by atoms with Crippen LogP contribution in [0, 0.1) is 5.92 Å². The average Bonchev–Trinajstić information content (AvgIpc) is 3.49. The average molecular weight is 769 g/mol. The second-order valence-electron chi connectivity index (χ2n) is 14.5. The first kappa shape index (κ1) is 39.9. The van der Waals surface area contributed by atoms with Gasteiger partial charge in [0.25, 0.3) is 0 Å². The van der Waals surface area contributed by atoms with Crippen LogP contribution in [0.5, 0.6) is 5.75 Å². The van der Waals surface area contributed by atoms with Crippen LogP contribution in [0.2, 0.25) is 0 Å². The number of hydrogen-bond acceptors (Lipinski definition) is 7. The van der Waals surface area contributed by atoms with E-state index < -0.39 is 12.2 Å². The minimum atomic E-state index is -0.927. The summed E-state index contributed by atoms with van der Waals surface area (Å²) in [6.07, 6.45) is 1.57. The molecule has 0 radical (unpaired) electrons. The molecule has 0 unspecified atom stereocenters. The number of phenolic OH excluding ortho intramolecular Hbond substituents is 1. The normalized spacial score (nSPS) is 18.0. The van der Waals surface area contributed by atoms with Crippen LogP contribution in [0.3, 0.4) is 0 Å². The Labute approximate surface area is 320 Å². The topological polar surface area (TPSA) is 167 Å². The predicted octanol–water partition coefficient (Wildman–Crippen LogP) is 5.88. The van der Waals surface area contributed by atoms with Gasteiger partial charge in [-0.2, -0.15) is 0 Å². The third kappa shape index (κ3) is 7.94. The molecule has 2 atom stereocenters. The van der Waals surface area contributed by atoms with E-state index in [4.69, 9.17) is 0 Å². The van der Waals surface area contributed by atoms with E-state index >= 15 is 0 Å². The molecule has 9 rings (SSSR count). The number of nitrogens with one attached hydrogen (secondary N) is 3. The van der Waals surface area contributed by atoms with Gasteiger partial charge in [0.05, 0.1) is 34.4 Å². The summed E-state index contributed by atoms with van der Waals surface area (Å²) in [7, 11) is 0. The van der Waals surface area contributed by atoms with Crippen molar-refractivity contribution in [2.75, 3.05) is 31.1 Å². The van der Waals surface area contributed by atoms with Crippen molar-refractivity contribution < 1.29 is 29.5 Å². The molecule has 5 heterocycles. The van der Waals surface area contributed by atoms with Gasteiger partial charge in [0.2, 0.25) is 5.56 Å². The molecule has 14 heteroatoms. The van der Waals surface area contributed by atoms with Gasteiger partial charge < -0.3 is 35.5 Å². The lowest BCUT2D eigenvalue weighted by Gasteiger charge is -2.48. The Bertz CT molecular complexity index is 2440. The number of carbonyl (C=O) groups is 1. The van der Waals surface area contributed by atoms with Crippen LogP contribution in [0.15, 0.2) is 101 Å². The van der Waals surface area contributed by atoms with Crippen molar-refractivity contribution in [2.24, 2.45) is 5.92 Å². The van der Waals surface area contributed by atoms with E-state index in [0.717, 1.165) is 71.5 Å². The fraction of sp³-hybridized carbons (Fsp3) is 0.310. The summed E-state index contributed by atoms with van der Waals surface area (Å²) in [6.45, 7) is 3.97. The van der Waals surface area contributed by atoms with Crippen LogP contribution < -0.4 is 21.5 Å². The standard InChI is InChI=1S/C42H44N6O6.2FH/c49-37-14-11-31(32-12-15-39(51)45-40(32)37)38(50)24-43-23-27-9-13-34-33(21-27)44-41(52)47(34)18-4-5-26-8-10-30(28-6-2-1-3-7-28)35(22-26)48(42(53)54)36-25-46-19-16-29(36)17-20-46;;/h1-3,6-15,21-22,29,36,38,43,49-50H,4-5,16-20,23-25H2,(H,44,52)(H,45,51)(H,53,54);2*1H/t36-,38+;;/m0../s1. The number of H-pyrrole nitrogens is 2. The minimum Gasteiger partial charge on any atom is -0.506 e. The predicted molar refractivity (Wildman–Crippen MR) is 214 cm³/mol. The Balaban J connectivity index is 0.00000266. The molecule has 3 aliphatic rings. The molecule has 6 aromatic rings. The number of aromatic hydroxyl groups is 1. The van der Waals surface area contributed by atoms with Crippen molar-refractivity contribution in [2.45, 2.75) is 50.9 Å². The highest BCUT2D eigenvalue weighted by Gasteiger charge is 2.41. The first-order valence-corrected chi connectivity index (χ1v) is 18.6. The third-order valence-electron chi connectivity index (χ3n) is 11.2. The number of halogens is 2. The lowest BCUT2D eigenvalue weighted by atomic mass is 9.82. The van der Waals surface area contributed by atoms with Crippen LogP contribution >= 0.6 is 0 Å². The number of imidazole rings is 1.